The van der Waals surface area contributed by atoms with Crippen LogP contribution in [0, 0.1) is 0 Å². The standard InChI is InChI=1S/C21H20N2O3S2/c1-13(2)28-17-6-4-5-16(11-17)19(24)23-21-22-18(12-27-21)14-7-9-15(10-8-14)20(25)26-3/h4-13H,1-3H3,(H,22,23,24). The molecule has 144 valence electrons. The number of carbonyl (C=O) groups excluding carboxylic acids is 2. The van der Waals surface area contributed by atoms with E-state index in [1.165, 1.54) is 18.4 Å². The molecule has 0 aliphatic rings. The maximum absolute atomic E-state index is 12.5. The van der Waals surface area contributed by atoms with Crippen molar-refractivity contribution in [2.24, 2.45) is 0 Å². The second-order valence-electron chi connectivity index (χ2n) is 6.26. The van der Waals surface area contributed by atoms with Gasteiger partial charge in [0.05, 0.1) is 18.4 Å². The van der Waals surface area contributed by atoms with Gasteiger partial charge in [0.25, 0.3) is 5.91 Å². The lowest BCUT2D eigenvalue weighted by atomic mass is 10.1. The molecule has 0 bridgehead atoms. The molecule has 0 atom stereocenters. The average Bonchev–Trinajstić information content (AvgIpc) is 3.15. The van der Waals surface area contributed by atoms with Crippen LogP contribution in [0.1, 0.15) is 34.6 Å². The van der Waals surface area contributed by atoms with Gasteiger partial charge in [-0.25, -0.2) is 9.78 Å². The van der Waals surface area contributed by atoms with E-state index in [2.05, 4.69) is 24.1 Å². The van der Waals surface area contributed by atoms with Crippen molar-refractivity contribution < 1.29 is 14.3 Å². The Hall–Kier alpha value is -2.64. The van der Waals surface area contributed by atoms with Gasteiger partial charge in [-0.1, -0.05) is 32.0 Å². The maximum Gasteiger partial charge on any atom is 0.337 e. The van der Waals surface area contributed by atoms with E-state index in [1.54, 1.807) is 42.1 Å². The molecule has 3 rings (SSSR count). The van der Waals surface area contributed by atoms with Gasteiger partial charge in [-0.15, -0.1) is 23.1 Å². The highest BCUT2D eigenvalue weighted by molar-refractivity contribution is 7.99. The van der Waals surface area contributed by atoms with Gasteiger partial charge in [0.1, 0.15) is 0 Å². The number of thioether (sulfide) groups is 1. The van der Waals surface area contributed by atoms with E-state index < -0.39 is 0 Å². The smallest absolute Gasteiger partial charge is 0.337 e. The van der Waals surface area contributed by atoms with Crippen molar-refractivity contribution in [3.63, 3.8) is 0 Å². The number of nitrogens with zero attached hydrogens (tertiary/aromatic N) is 1. The van der Waals surface area contributed by atoms with Crippen LogP contribution in [0.4, 0.5) is 5.13 Å². The third-order valence-corrected chi connectivity index (χ3v) is 5.55. The summed E-state index contributed by atoms with van der Waals surface area (Å²) >= 11 is 3.07. The fourth-order valence-corrected chi connectivity index (χ4v) is 4.12. The van der Waals surface area contributed by atoms with Crippen LogP contribution >= 0.6 is 23.1 Å². The normalized spacial score (nSPS) is 10.7. The molecule has 0 unspecified atom stereocenters. The molecule has 0 spiro atoms. The lowest BCUT2D eigenvalue weighted by Crippen LogP contribution is -2.11. The summed E-state index contributed by atoms with van der Waals surface area (Å²) in [5, 5.41) is 5.70. The van der Waals surface area contributed by atoms with Crippen LogP contribution in [-0.4, -0.2) is 29.2 Å². The first-order valence-electron chi connectivity index (χ1n) is 8.68. The van der Waals surface area contributed by atoms with Crippen molar-refractivity contribution in [2.45, 2.75) is 24.0 Å². The number of ether oxygens (including phenoxy) is 1. The fraction of sp³-hybridized carbons (Fsp3) is 0.190. The minimum atomic E-state index is -0.379. The summed E-state index contributed by atoms with van der Waals surface area (Å²) < 4.78 is 4.70. The predicted octanol–water partition coefficient (Wildman–Crippen LogP) is 5.35. The number of benzene rings is 2. The van der Waals surface area contributed by atoms with Gasteiger partial charge in [-0.3, -0.25) is 10.1 Å². The lowest BCUT2D eigenvalue weighted by molar-refractivity contribution is 0.0600. The van der Waals surface area contributed by atoms with Crippen LogP contribution in [0.15, 0.2) is 58.8 Å². The number of rotatable bonds is 6. The molecule has 0 radical (unpaired) electrons. The number of esters is 1. The first kappa shape index (κ1) is 20.1. The summed E-state index contributed by atoms with van der Waals surface area (Å²) in [6, 6.07) is 14.6. The number of hydrogen-bond donors (Lipinski definition) is 1. The molecule has 7 heteroatoms. The first-order chi connectivity index (χ1) is 13.5. The van der Waals surface area contributed by atoms with Crippen LogP contribution < -0.4 is 5.32 Å². The predicted molar refractivity (Wildman–Crippen MR) is 114 cm³/mol. The van der Waals surface area contributed by atoms with Gasteiger partial charge in [0.15, 0.2) is 5.13 Å². The van der Waals surface area contributed by atoms with Crippen molar-refractivity contribution >= 4 is 40.1 Å². The highest BCUT2D eigenvalue weighted by Gasteiger charge is 2.12. The largest absolute Gasteiger partial charge is 0.465 e. The molecule has 28 heavy (non-hydrogen) atoms. The molecule has 5 nitrogen and oxygen atoms in total. The van der Waals surface area contributed by atoms with Crippen LogP contribution in [-0.2, 0) is 4.74 Å². The van der Waals surface area contributed by atoms with E-state index in [9.17, 15) is 9.59 Å². The second kappa shape index (κ2) is 9.03. The zero-order valence-corrected chi connectivity index (χ0v) is 17.4. The summed E-state index contributed by atoms with van der Waals surface area (Å²) in [7, 11) is 1.35. The number of carbonyl (C=O) groups is 2. The molecule has 0 fully saturated rings. The third-order valence-electron chi connectivity index (χ3n) is 3.79. The highest BCUT2D eigenvalue weighted by Crippen LogP contribution is 2.27. The second-order valence-corrected chi connectivity index (χ2v) is 8.76. The zero-order chi connectivity index (χ0) is 20.1. The molecular weight excluding hydrogens is 392 g/mol. The van der Waals surface area contributed by atoms with Gasteiger partial charge in [0.2, 0.25) is 0 Å². The minimum Gasteiger partial charge on any atom is -0.465 e. The van der Waals surface area contributed by atoms with E-state index in [1.807, 2.05) is 23.6 Å². The zero-order valence-electron chi connectivity index (χ0n) is 15.8. The number of amides is 1. The Morgan fingerprint density at radius 2 is 1.86 bits per heavy atom. The molecule has 3 aromatic rings. The van der Waals surface area contributed by atoms with E-state index in [-0.39, 0.29) is 11.9 Å². The van der Waals surface area contributed by atoms with E-state index in [0.717, 1.165) is 16.2 Å². The number of anilines is 1. The van der Waals surface area contributed by atoms with Crippen LogP contribution in [0.2, 0.25) is 0 Å². The van der Waals surface area contributed by atoms with Crippen molar-refractivity contribution in [1.29, 1.82) is 0 Å². The summed E-state index contributed by atoms with van der Waals surface area (Å²) in [4.78, 5) is 29.6. The van der Waals surface area contributed by atoms with Crippen molar-refractivity contribution in [3.05, 3.63) is 65.0 Å². The molecule has 1 aromatic heterocycles. The van der Waals surface area contributed by atoms with Gasteiger partial charge < -0.3 is 4.74 Å². The van der Waals surface area contributed by atoms with Crippen LogP contribution in [0.25, 0.3) is 11.3 Å². The van der Waals surface area contributed by atoms with E-state index in [4.69, 9.17) is 4.74 Å². The lowest BCUT2D eigenvalue weighted by Gasteiger charge is -2.07. The number of nitrogens with one attached hydrogen (secondary N) is 1. The number of thiazole rings is 1. The molecule has 0 saturated carbocycles. The summed E-state index contributed by atoms with van der Waals surface area (Å²) in [6.07, 6.45) is 0. The van der Waals surface area contributed by atoms with Gasteiger partial charge in [-0.2, -0.15) is 0 Å². The Bertz CT molecular complexity index is 981. The Kier molecular flexibility index (Phi) is 6.49. The van der Waals surface area contributed by atoms with Gasteiger partial charge in [-0.05, 0) is 30.3 Å². The summed E-state index contributed by atoms with van der Waals surface area (Å²) in [5.74, 6) is -0.566. The Morgan fingerprint density at radius 3 is 2.54 bits per heavy atom. The van der Waals surface area contributed by atoms with Gasteiger partial charge >= 0.3 is 5.97 Å². The molecule has 1 amide bonds. The molecular formula is C21H20N2O3S2. The average molecular weight is 413 g/mol. The number of hydrogen-bond acceptors (Lipinski definition) is 6. The molecule has 1 heterocycles. The molecule has 0 aliphatic carbocycles. The Labute approximate surface area is 172 Å². The Balaban J connectivity index is 1.70. The molecule has 0 aliphatic heterocycles. The van der Waals surface area contributed by atoms with Crippen molar-refractivity contribution in [1.82, 2.24) is 4.98 Å². The SMILES string of the molecule is COC(=O)c1ccc(-c2csc(NC(=O)c3cccc(SC(C)C)c3)n2)cc1. The topological polar surface area (TPSA) is 68.3 Å². The maximum atomic E-state index is 12.5. The van der Waals surface area contributed by atoms with E-state index >= 15 is 0 Å². The first-order valence-corrected chi connectivity index (χ1v) is 10.4. The number of methoxy groups -OCH3 is 1. The monoisotopic (exact) mass is 412 g/mol. The summed E-state index contributed by atoms with van der Waals surface area (Å²) in [5.41, 5.74) is 2.68. The van der Waals surface area contributed by atoms with Crippen molar-refractivity contribution in [3.8, 4) is 11.3 Å². The third kappa shape index (κ3) is 4.99. The minimum absolute atomic E-state index is 0.187. The number of aromatic nitrogens is 1. The van der Waals surface area contributed by atoms with Crippen molar-refractivity contribution in [2.75, 3.05) is 12.4 Å². The summed E-state index contributed by atoms with van der Waals surface area (Å²) in [6.45, 7) is 4.23. The molecule has 1 N–H and O–H groups in total. The van der Waals surface area contributed by atoms with Gasteiger partial charge in [0, 0.05) is 26.7 Å². The highest BCUT2D eigenvalue weighted by atomic mass is 32.2. The van der Waals surface area contributed by atoms with Crippen LogP contribution in [0.3, 0.4) is 0 Å². The quantitative estimate of drug-likeness (QED) is 0.437. The molecule has 0 saturated heterocycles. The molecule has 2 aromatic carbocycles. The fourth-order valence-electron chi connectivity index (χ4n) is 2.51. The Morgan fingerprint density at radius 1 is 1.11 bits per heavy atom. The van der Waals surface area contributed by atoms with E-state index in [0.29, 0.717) is 21.5 Å². The van der Waals surface area contributed by atoms with Crippen LogP contribution in [0.5, 0.6) is 0 Å².